The van der Waals surface area contributed by atoms with E-state index in [-0.39, 0.29) is 41.3 Å². The van der Waals surface area contributed by atoms with Gasteiger partial charge in [0, 0.05) is 23.8 Å². The lowest BCUT2D eigenvalue weighted by atomic mass is 10.3. The number of sulfonamides is 1. The molecule has 7 nitrogen and oxygen atoms in total. The molecule has 0 bridgehead atoms. The van der Waals surface area contributed by atoms with Crippen LogP contribution >= 0.6 is 27.5 Å². The van der Waals surface area contributed by atoms with E-state index in [9.17, 15) is 13.2 Å². The van der Waals surface area contributed by atoms with E-state index in [2.05, 4.69) is 26.0 Å². The summed E-state index contributed by atoms with van der Waals surface area (Å²) in [5.41, 5.74) is 0.626. The third-order valence-corrected chi connectivity index (χ3v) is 5.58. The molecule has 0 saturated heterocycles. The Balaban J connectivity index is 1.95. The first kappa shape index (κ1) is 21.6. The number of carbonyl (C=O) groups excluding carboxylic acids is 1. The van der Waals surface area contributed by atoms with Crippen molar-refractivity contribution in [3.8, 4) is 5.75 Å². The molecule has 10 heteroatoms. The molecule has 2 N–H and O–H groups in total. The molecular formula is C17H18BrClN2O5S. The molecule has 1 amide bonds. The monoisotopic (exact) mass is 476 g/mol. The maximum absolute atomic E-state index is 12.1. The largest absolute Gasteiger partial charge is 0.482 e. The van der Waals surface area contributed by atoms with Crippen molar-refractivity contribution in [3.63, 3.8) is 0 Å². The Labute approximate surface area is 171 Å². The molecule has 0 aliphatic rings. The number of nitrogens with one attached hydrogen (secondary N) is 2. The van der Waals surface area contributed by atoms with Crippen molar-refractivity contribution in [2.75, 3.05) is 32.2 Å². The normalized spacial score (nSPS) is 11.2. The van der Waals surface area contributed by atoms with Crippen LogP contribution in [0.3, 0.4) is 0 Å². The molecule has 0 fully saturated rings. The summed E-state index contributed by atoms with van der Waals surface area (Å²) in [6.07, 6.45) is 0. The topological polar surface area (TPSA) is 93.7 Å². The predicted octanol–water partition coefficient (Wildman–Crippen LogP) is 3.04. The van der Waals surface area contributed by atoms with Crippen LogP contribution in [0.1, 0.15) is 0 Å². The van der Waals surface area contributed by atoms with E-state index in [1.165, 1.54) is 25.3 Å². The van der Waals surface area contributed by atoms with Gasteiger partial charge in [0.1, 0.15) is 5.75 Å². The third-order valence-electron chi connectivity index (χ3n) is 3.30. The van der Waals surface area contributed by atoms with Crippen LogP contribution < -0.4 is 14.8 Å². The van der Waals surface area contributed by atoms with Gasteiger partial charge in [-0.3, -0.25) is 4.79 Å². The van der Waals surface area contributed by atoms with Gasteiger partial charge in [0.15, 0.2) is 6.61 Å². The fourth-order valence-electron chi connectivity index (χ4n) is 2.00. The molecule has 0 saturated carbocycles. The first-order valence-corrected chi connectivity index (χ1v) is 10.4. The number of benzene rings is 2. The van der Waals surface area contributed by atoms with Gasteiger partial charge < -0.3 is 14.8 Å². The second kappa shape index (κ2) is 10.0. The maximum atomic E-state index is 12.1. The highest BCUT2D eigenvalue weighted by molar-refractivity contribution is 9.10. The molecule has 2 aromatic rings. The first-order chi connectivity index (χ1) is 12.8. The number of hydrogen-bond donors (Lipinski definition) is 2. The average molecular weight is 478 g/mol. The van der Waals surface area contributed by atoms with Gasteiger partial charge in [-0.1, -0.05) is 27.5 Å². The summed E-state index contributed by atoms with van der Waals surface area (Å²) in [5, 5.41) is 2.76. The minimum absolute atomic E-state index is 0.00438. The van der Waals surface area contributed by atoms with Crippen molar-refractivity contribution in [3.05, 3.63) is 52.0 Å². The van der Waals surface area contributed by atoms with E-state index in [4.69, 9.17) is 21.1 Å². The van der Waals surface area contributed by atoms with Gasteiger partial charge in [0.25, 0.3) is 5.91 Å². The molecule has 0 aliphatic heterocycles. The van der Waals surface area contributed by atoms with Crippen molar-refractivity contribution in [1.82, 2.24) is 4.72 Å². The van der Waals surface area contributed by atoms with E-state index >= 15 is 0 Å². The number of amides is 1. The number of halogens is 2. The molecule has 0 atom stereocenters. The molecule has 0 unspecified atom stereocenters. The van der Waals surface area contributed by atoms with Crippen molar-refractivity contribution >= 4 is 49.1 Å². The smallest absolute Gasteiger partial charge is 0.262 e. The lowest BCUT2D eigenvalue weighted by Gasteiger charge is -2.11. The molecule has 0 aliphatic carbocycles. The fraction of sp³-hybridized carbons (Fsp3) is 0.235. The van der Waals surface area contributed by atoms with Crippen LogP contribution in [0.4, 0.5) is 5.69 Å². The van der Waals surface area contributed by atoms with Gasteiger partial charge in [0.05, 0.1) is 16.5 Å². The third kappa shape index (κ3) is 6.78. The van der Waals surface area contributed by atoms with Crippen LogP contribution in [-0.4, -0.2) is 41.2 Å². The van der Waals surface area contributed by atoms with E-state index in [1.807, 2.05) is 0 Å². The number of methoxy groups -OCH3 is 1. The van der Waals surface area contributed by atoms with Crippen LogP contribution in [0, 0.1) is 0 Å². The van der Waals surface area contributed by atoms with Crippen molar-refractivity contribution in [2.24, 2.45) is 0 Å². The molecule has 0 spiro atoms. The molecule has 2 aromatic carbocycles. The number of carbonyl (C=O) groups is 1. The van der Waals surface area contributed by atoms with Crippen LogP contribution in [0.2, 0.25) is 5.02 Å². The van der Waals surface area contributed by atoms with Gasteiger partial charge >= 0.3 is 0 Å². The first-order valence-electron chi connectivity index (χ1n) is 7.78. The Morgan fingerprint density at radius 2 is 1.89 bits per heavy atom. The predicted molar refractivity (Wildman–Crippen MR) is 107 cm³/mol. The number of ether oxygens (including phenoxy) is 2. The van der Waals surface area contributed by atoms with Gasteiger partial charge in [0.2, 0.25) is 10.0 Å². The maximum Gasteiger partial charge on any atom is 0.262 e. The zero-order valence-corrected chi connectivity index (χ0v) is 17.5. The zero-order chi connectivity index (χ0) is 19.9. The number of rotatable bonds is 9. The summed E-state index contributed by atoms with van der Waals surface area (Å²) in [6, 6.07) is 11.1. The number of hydrogen-bond acceptors (Lipinski definition) is 5. The van der Waals surface area contributed by atoms with Crippen molar-refractivity contribution in [2.45, 2.75) is 4.90 Å². The highest BCUT2D eigenvalue weighted by Gasteiger charge is 2.16. The average Bonchev–Trinajstić information content (AvgIpc) is 2.62. The summed E-state index contributed by atoms with van der Waals surface area (Å²) in [6.45, 7) is 0.126. The molecule has 0 heterocycles. The van der Waals surface area contributed by atoms with E-state index in [0.717, 1.165) is 4.47 Å². The Bertz CT molecular complexity index is 891. The molecule has 146 valence electrons. The van der Waals surface area contributed by atoms with Gasteiger partial charge in [-0.15, -0.1) is 0 Å². The second-order valence-electron chi connectivity index (χ2n) is 5.33. The van der Waals surface area contributed by atoms with Gasteiger partial charge in [-0.2, -0.15) is 0 Å². The minimum atomic E-state index is -3.70. The lowest BCUT2D eigenvalue weighted by molar-refractivity contribution is -0.118. The highest BCUT2D eigenvalue weighted by Crippen LogP contribution is 2.27. The Hall–Kier alpha value is -1.65. The Morgan fingerprint density at radius 3 is 2.52 bits per heavy atom. The van der Waals surface area contributed by atoms with Crippen molar-refractivity contribution < 1.29 is 22.7 Å². The van der Waals surface area contributed by atoms with Gasteiger partial charge in [-0.25, -0.2) is 13.1 Å². The van der Waals surface area contributed by atoms with Crippen LogP contribution in [-0.2, 0) is 19.6 Å². The summed E-state index contributed by atoms with van der Waals surface area (Å²) in [7, 11) is -2.22. The summed E-state index contributed by atoms with van der Waals surface area (Å²) in [5.74, 6) is -0.162. The molecular weight excluding hydrogens is 460 g/mol. The van der Waals surface area contributed by atoms with Gasteiger partial charge in [-0.05, 0) is 42.5 Å². The summed E-state index contributed by atoms with van der Waals surface area (Å²) < 4.78 is 37.7. The molecule has 27 heavy (non-hydrogen) atoms. The molecule has 0 radical (unpaired) electrons. The summed E-state index contributed by atoms with van der Waals surface area (Å²) in [4.78, 5) is 11.9. The van der Waals surface area contributed by atoms with Crippen LogP contribution in [0.15, 0.2) is 51.8 Å². The molecule has 2 rings (SSSR count). The minimum Gasteiger partial charge on any atom is -0.482 e. The second-order valence-corrected chi connectivity index (χ2v) is 8.42. The quantitative estimate of drug-likeness (QED) is 0.542. The van der Waals surface area contributed by atoms with E-state index in [1.54, 1.807) is 24.3 Å². The standard InChI is InChI=1S/C17H18BrClN2O5S/c1-25-9-8-20-27(23,24)14-6-7-16(15(19)10-14)26-11-17(22)21-13-4-2-12(18)3-5-13/h2-7,10,20H,8-9,11H2,1H3,(H,21,22). The van der Waals surface area contributed by atoms with Crippen LogP contribution in [0.25, 0.3) is 0 Å². The van der Waals surface area contributed by atoms with E-state index in [0.29, 0.717) is 5.69 Å². The SMILES string of the molecule is COCCNS(=O)(=O)c1ccc(OCC(=O)Nc2ccc(Br)cc2)c(Cl)c1. The highest BCUT2D eigenvalue weighted by atomic mass is 79.9. The number of anilines is 1. The zero-order valence-electron chi connectivity index (χ0n) is 14.4. The van der Waals surface area contributed by atoms with E-state index < -0.39 is 10.0 Å². The lowest BCUT2D eigenvalue weighted by Crippen LogP contribution is -2.27. The van der Waals surface area contributed by atoms with Crippen LogP contribution in [0.5, 0.6) is 5.75 Å². The Kier molecular flexibility index (Phi) is 8.06. The van der Waals surface area contributed by atoms with Crippen molar-refractivity contribution in [1.29, 1.82) is 0 Å². The Morgan fingerprint density at radius 1 is 1.19 bits per heavy atom. The fourth-order valence-corrected chi connectivity index (χ4v) is 3.60. The molecule has 0 aromatic heterocycles. The summed E-state index contributed by atoms with van der Waals surface area (Å²) >= 11 is 9.39.